The molecule has 1 aliphatic heterocycles. The minimum absolute atomic E-state index is 0. The maximum absolute atomic E-state index is 5.79. The van der Waals surface area contributed by atoms with Crippen LogP contribution in [0.15, 0.2) is 18.2 Å². The van der Waals surface area contributed by atoms with E-state index in [2.05, 4.69) is 0 Å². The molecule has 0 fully saturated rings. The second kappa shape index (κ2) is 3.85. The SMILES string of the molecule is COc1cccc2c1OCC2N.Cl. The van der Waals surface area contributed by atoms with Crippen molar-refractivity contribution in [3.63, 3.8) is 0 Å². The minimum atomic E-state index is -0.00454. The Morgan fingerprint density at radius 2 is 2.31 bits per heavy atom. The summed E-state index contributed by atoms with van der Waals surface area (Å²) in [5, 5.41) is 0. The summed E-state index contributed by atoms with van der Waals surface area (Å²) in [6.45, 7) is 0.551. The lowest BCUT2D eigenvalue weighted by atomic mass is 10.1. The Labute approximate surface area is 83.2 Å². The van der Waals surface area contributed by atoms with Gasteiger partial charge in [-0.15, -0.1) is 12.4 Å². The Hall–Kier alpha value is -0.930. The van der Waals surface area contributed by atoms with Gasteiger partial charge in [0, 0.05) is 5.56 Å². The summed E-state index contributed by atoms with van der Waals surface area (Å²) < 4.78 is 10.5. The Morgan fingerprint density at radius 1 is 1.54 bits per heavy atom. The van der Waals surface area contributed by atoms with Crippen molar-refractivity contribution in [2.24, 2.45) is 5.73 Å². The molecule has 0 amide bonds. The molecule has 0 aromatic heterocycles. The van der Waals surface area contributed by atoms with E-state index in [0.29, 0.717) is 6.61 Å². The quantitative estimate of drug-likeness (QED) is 0.749. The first-order valence-electron chi connectivity index (χ1n) is 3.88. The fourth-order valence-electron chi connectivity index (χ4n) is 1.40. The molecule has 0 saturated carbocycles. The average Bonchev–Trinajstić information content (AvgIpc) is 2.48. The van der Waals surface area contributed by atoms with Gasteiger partial charge in [-0.2, -0.15) is 0 Å². The molecule has 0 radical (unpaired) electrons. The van der Waals surface area contributed by atoms with Crippen LogP contribution in [0.4, 0.5) is 0 Å². The number of nitrogens with two attached hydrogens (primary N) is 1. The third-order valence-electron chi connectivity index (χ3n) is 2.04. The monoisotopic (exact) mass is 201 g/mol. The Balaban J connectivity index is 0.000000845. The largest absolute Gasteiger partial charge is 0.493 e. The molecule has 1 aromatic rings. The third kappa shape index (κ3) is 1.57. The van der Waals surface area contributed by atoms with E-state index in [1.807, 2.05) is 18.2 Å². The van der Waals surface area contributed by atoms with Crippen molar-refractivity contribution in [1.82, 2.24) is 0 Å². The van der Waals surface area contributed by atoms with E-state index >= 15 is 0 Å². The topological polar surface area (TPSA) is 44.5 Å². The molecule has 0 bridgehead atoms. The number of halogens is 1. The van der Waals surface area contributed by atoms with Crippen molar-refractivity contribution >= 4 is 12.4 Å². The number of para-hydroxylation sites is 1. The van der Waals surface area contributed by atoms with Gasteiger partial charge in [-0.1, -0.05) is 12.1 Å². The molecule has 72 valence electrons. The van der Waals surface area contributed by atoms with Gasteiger partial charge in [0.1, 0.15) is 6.61 Å². The predicted octanol–water partition coefficient (Wildman–Crippen LogP) is 1.51. The lowest BCUT2D eigenvalue weighted by Crippen LogP contribution is -2.10. The number of methoxy groups -OCH3 is 1. The summed E-state index contributed by atoms with van der Waals surface area (Å²) >= 11 is 0. The van der Waals surface area contributed by atoms with Crippen molar-refractivity contribution in [1.29, 1.82) is 0 Å². The maximum atomic E-state index is 5.79. The highest BCUT2D eigenvalue weighted by molar-refractivity contribution is 5.85. The van der Waals surface area contributed by atoms with Crippen LogP contribution in [-0.2, 0) is 0 Å². The summed E-state index contributed by atoms with van der Waals surface area (Å²) in [7, 11) is 1.63. The van der Waals surface area contributed by atoms with Gasteiger partial charge in [-0.3, -0.25) is 0 Å². The van der Waals surface area contributed by atoms with E-state index in [-0.39, 0.29) is 18.4 Å². The van der Waals surface area contributed by atoms with Crippen molar-refractivity contribution in [2.45, 2.75) is 6.04 Å². The fraction of sp³-hybridized carbons (Fsp3) is 0.333. The second-order valence-corrected chi connectivity index (χ2v) is 2.80. The molecule has 0 aliphatic carbocycles. The number of hydrogen-bond acceptors (Lipinski definition) is 3. The number of hydrogen-bond donors (Lipinski definition) is 1. The van der Waals surface area contributed by atoms with E-state index in [1.165, 1.54) is 0 Å². The number of benzene rings is 1. The van der Waals surface area contributed by atoms with Gasteiger partial charge in [0.2, 0.25) is 0 Å². The van der Waals surface area contributed by atoms with Crippen molar-refractivity contribution in [2.75, 3.05) is 13.7 Å². The van der Waals surface area contributed by atoms with E-state index in [9.17, 15) is 0 Å². The van der Waals surface area contributed by atoms with E-state index < -0.39 is 0 Å². The van der Waals surface area contributed by atoms with Gasteiger partial charge in [-0.05, 0) is 6.07 Å². The number of fused-ring (bicyclic) bond motifs is 1. The Morgan fingerprint density at radius 3 is 3.00 bits per heavy atom. The molecule has 3 nitrogen and oxygen atoms in total. The first-order chi connectivity index (χ1) is 5.83. The molecular weight excluding hydrogens is 190 g/mol. The van der Waals surface area contributed by atoms with Gasteiger partial charge in [-0.25, -0.2) is 0 Å². The van der Waals surface area contributed by atoms with Gasteiger partial charge >= 0.3 is 0 Å². The summed E-state index contributed by atoms with van der Waals surface area (Å²) in [5.41, 5.74) is 6.83. The Kier molecular flexibility index (Phi) is 3.01. The fourth-order valence-corrected chi connectivity index (χ4v) is 1.40. The maximum Gasteiger partial charge on any atom is 0.166 e. The highest BCUT2D eigenvalue weighted by atomic mass is 35.5. The van der Waals surface area contributed by atoms with E-state index in [0.717, 1.165) is 17.1 Å². The van der Waals surface area contributed by atoms with E-state index in [4.69, 9.17) is 15.2 Å². The summed E-state index contributed by atoms with van der Waals surface area (Å²) in [5.74, 6) is 1.56. The number of rotatable bonds is 1. The van der Waals surface area contributed by atoms with Crippen molar-refractivity contribution in [3.8, 4) is 11.5 Å². The predicted molar refractivity (Wildman–Crippen MR) is 52.7 cm³/mol. The summed E-state index contributed by atoms with van der Waals surface area (Å²) in [4.78, 5) is 0. The molecular formula is C9H12ClNO2. The molecule has 0 saturated heterocycles. The first-order valence-corrected chi connectivity index (χ1v) is 3.88. The van der Waals surface area contributed by atoms with Gasteiger partial charge in [0.25, 0.3) is 0 Å². The molecule has 2 rings (SSSR count). The number of ether oxygens (including phenoxy) is 2. The molecule has 4 heteroatoms. The first kappa shape index (κ1) is 10.2. The van der Waals surface area contributed by atoms with Crippen LogP contribution in [0.3, 0.4) is 0 Å². The molecule has 1 unspecified atom stereocenters. The molecule has 13 heavy (non-hydrogen) atoms. The Bertz CT molecular complexity index is 304. The van der Waals surface area contributed by atoms with Crippen LogP contribution in [0.25, 0.3) is 0 Å². The third-order valence-corrected chi connectivity index (χ3v) is 2.04. The molecule has 1 heterocycles. The summed E-state index contributed by atoms with van der Waals surface area (Å²) in [6.07, 6.45) is 0. The average molecular weight is 202 g/mol. The van der Waals surface area contributed by atoms with E-state index in [1.54, 1.807) is 7.11 Å². The van der Waals surface area contributed by atoms with Crippen LogP contribution in [0, 0.1) is 0 Å². The van der Waals surface area contributed by atoms with Crippen LogP contribution in [0.2, 0.25) is 0 Å². The van der Waals surface area contributed by atoms with Crippen molar-refractivity contribution < 1.29 is 9.47 Å². The van der Waals surface area contributed by atoms with Crippen LogP contribution in [-0.4, -0.2) is 13.7 Å². The molecule has 2 N–H and O–H groups in total. The highest BCUT2D eigenvalue weighted by Gasteiger charge is 2.23. The van der Waals surface area contributed by atoms with Crippen LogP contribution in [0.5, 0.6) is 11.5 Å². The van der Waals surface area contributed by atoms with Crippen LogP contribution in [0.1, 0.15) is 11.6 Å². The molecule has 1 aliphatic rings. The smallest absolute Gasteiger partial charge is 0.166 e. The zero-order valence-electron chi connectivity index (χ0n) is 7.32. The summed E-state index contributed by atoms with van der Waals surface area (Å²) in [6, 6.07) is 5.76. The lowest BCUT2D eigenvalue weighted by Gasteiger charge is -2.05. The normalized spacial score (nSPS) is 18.5. The minimum Gasteiger partial charge on any atom is -0.493 e. The molecule has 1 aromatic carbocycles. The molecule has 0 spiro atoms. The zero-order valence-corrected chi connectivity index (χ0v) is 8.14. The van der Waals surface area contributed by atoms with Gasteiger partial charge in [0.05, 0.1) is 13.2 Å². The van der Waals surface area contributed by atoms with Crippen molar-refractivity contribution in [3.05, 3.63) is 23.8 Å². The second-order valence-electron chi connectivity index (χ2n) is 2.80. The standard InChI is InChI=1S/C9H11NO2.ClH/c1-11-8-4-2-3-6-7(10)5-12-9(6)8;/h2-4,7H,5,10H2,1H3;1H. The van der Waals surface area contributed by atoms with Crippen LogP contribution >= 0.6 is 12.4 Å². The lowest BCUT2D eigenvalue weighted by molar-refractivity contribution is 0.311. The van der Waals surface area contributed by atoms with Crippen LogP contribution < -0.4 is 15.2 Å². The zero-order chi connectivity index (χ0) is 8.55. The van der Waals surface area contributed by atoms with Gasteiger partial charge < -0.3 is 15.2 Å². The van der Waals surface area contributed by atoms with Gasteiger partial charge in [0.15, 0.2) is 11.5 Å². The molecule has 1 atom stereocenters. The highest BCUT2D eigenvalue weighted by Crippen LogP contribution is 2.38.